The van der Waals surface area contributed by atoms with Crippen molar-refractivity contribution in [3.05, 3.63) is 29.3 Å². The standard InChI is InChI=1S/C15H23NO3/c1-12-3-4-13(2)15(9-12)19-11-14(17)10-16-5-7-18-8-6-16/h3-4,9,14,17H,5-8,10-11H2,1-2H3/t14-/m1/s1. The fourth-order valence-corrected chi connectivity index (χ4v) is 2.18. The second-order valence-electron chi connectivity index (χ2n) is 5.15. The maximum atomic E-state index is 10.0. The van der Waals surface area contributed by atoms with E-state index in [1.54, 1.807) is 0 Å². The highest BCUT2D eigenvalue weighted by molar-refractivity contribution is 5.35. The first kappa shape index (κ1) is 14.3. The molecule has 0 bridgehead atoms. The number of morpholine rings is 1. The zero-order valence-electron chi connectivity index (χ0n) is 11.8. The maximum Gasteiger partial charge on any atom is 0.122 e. The van der Waals surface area contributed by atoms with Crippen LogP contribution in [0, 0.1) is 13.8 Å². The normalized spacial score (nSPS) is 18.3. The Morgan fingerprint density at radius 2 is 2.05 bits per heavy atom. The number of benzene rings is 1. The summed E-state index contributed by atoms with van der Waals surface area (Å²) in [5, 5.41) is 10.0. The number of nitrogens with zero attached hydrogens (tertiary/aromatic N) is 1. The summed E-state index contributed by atoms with van der Waals surface area (Å²) in [4.78, 5) is 2.21. The fourth-order valence-electron chi connectivity index (χ4n) is 2.18. The Morgan fingerprint density at radius 3 is 2.79 bits per heavy atom. The Bertz CT molecular complexity index is 402. The van der Waals surface area contributed by atoms with Crippen molar-refractivity contribution in [2.24, 2.45) is 0 Å². The van der Waals surface area contributed by atoms with Gasteiger partial charge in [-0.25, -0.2) is 0 Å². The molecule has 19 heavy (non-hydrogen) atoms. The van der Waals surface area contributed by atoms with Gasteiger partial charge in [-0.05, 0) is 31.0 Å². The van der Waals surface area contributed by atoms with Gasteiger partial charge < -0.3 is 14.6 Å². The minimum Gasteiger partial charge on any atom is -0.491 e. The topological polar surface area (TPSA) is 41.9 Å². The van der Waals surface area contributed by atoms with Gasteiger partial charge in [-0.15, -0.1) is 0 Å². The van der Waals surface area contributed by atoms with Crippen molar-refractivity contribution in [1.82, 2.24) is 4.90 Å². The average Bonchev–Trinajstić information content (AvgIpc) is 2.41. The molecule has 0 unspecified atom stereocenters. The van der Waals surface area contributed by atoms with E-state index in [2.05, 4.69) is 11.0 Å². The van der Waals surface area contributed by atoms with Crippen LogP contribution in [0.4, 0.5) is 0 Å². The van der Waals surface area contributed by atoms with Crippen molar-refractivity contribution >= 4 is 0 Å². The summed E-state index contributed by atoms with van der Waals surface area (Å²) >= 11 is 0. The molecular weight excluding hydrogens is 242 g/mol. The van der Waals surface area contributed by atoms with Crippen LogP contribution >= 0.6 is 0 Å². The van der Waals surface area contributed by atoms with Crippen LogP contribution in [0.15, 0.2) is 18.2 Å². The van der Waals surface area contributed by atoms with Crippen molar-refractivity contribution in [2.75, 3.05) is 39.5 Å². The SMILES string of the molecule is Cc1ccc(C)c(OC[C@H](O)CN2CCOCC2)c1. The number of hydrogen-bond donors (Lipinski definition) is 1. The number of β-amino-alcohol motifs (C(OH)–C–C–N with tert-alkyl or cyclic N) is 1. The molecule has 0 amide bonds. The van der Waals surface area contributed by atoms with Crippen molar-refractivity contribution < 1.29 is 14.6 Å². The van der Waals surface area contributed by atoms with E-state index in [9.17, 15) is 5.11 Å². The van der Waals surface area contributed by atoms with Gasteiger partial charge in [0.05, 0.1) is 13.2 Å². The summed E-state index contributed by atoms with van der Waals surface area (Å²) < 4.78 is 11.0. The maximum absolute atomic E-state index is 10.0. The van der Waals surface area contributed by atoms with Gasteiger partial charge in [0.25, 0.3) is 0 Å². The number of hydrogen-bond acceptors (Lipinski definition) is 4. The fraction of sp³-hybridized carbons (Fsp3) is 0.600. The van der Waals surface area contributed by atoms with Gasteiger partial charge in [0.2, 0.25) is 0 Å². The van der Waals surface area contributed by atoms with Crippen molar-refractivity contribution in [2.45, 2.75) is 20.0 Å². The van der Waals surface area contributed by atoms with Crippen LogP contribution in [0.3, 0.4) is 0 Å². The third-order valence-electron chi connectivity index (χ3n) is 3.35. The zero-order chi connectivity index (χ0) is 13.7. The van der Waals surface area contributed by atoms with Crippen LogP contribution < -0.4 is 4.74 Å². The summed E-state index contributed by atoms with van der Waals surface area (Å²) in [6, 6.07) is 6.11. The van der Waals surface area contributed by atoms with Crippen molar-refractivity contribution in [1.29, 1.82) is 0 Å². The predicted molar refractivity (Wildman–Crippen MR) is 74.7 cm³/mol. The Balaban J connectivity index is 1.79. The Kier molecular flexibility index (Phi) is 5.19. The summed E-state index contributed by atoms with van der Waals surface area (Å²) in [5.74, 6) is 0.862. The summed E-state index contributed by atoms with van der Waals surface area (Å²) in [6.45, 7) is 8.33. The summed E-state index contributed by atoms with van der Waals surface area (Å²) in [7, 11) is 0. The quantitative estimate of drug-likeness (QED) is 0.873. The van der Waals surface area contributed by atoms with Crippen LogP contribution in [0.2, 0.25) is 0 Å². The lowest BCUT2D eigenvalue weighted by Crippen LogP contribution is -2.42. The van der Waals surface area contributed by atoms with Gasteiger partial charge in [-0.1, -0.05) is 12.1 Å². The monoisotopic (exact) mass is 265 g/mol. The van der Waals surface area contributed by atoms with Crippen LogP contribution in [-0.4, -0.2) is 55.6 Å². The van der Waals surface area contributed by atoms with Crippen LogP contribution in [-0.2, 0) is 4.74 Å². The lowest BCUT2D eigenvalue weighted by molar-refractivity contribution is 0.00459. The summed E-state index contributed by atoms with van der Waals surface area (Å²) in [6.07, 6.45) is -0.460. The summed E-state index contributed by atoms with van der Waals surface area (Å²) in [5.41, 5.74) is 2.27. The molecule has 1 N–H and O–H groups in total. The first-order valence-electron chi connectivity index (χ1n) is 6.83. The van der Waals surface area contributed by atoms with E-state index in [0.717, 1.165) is 37.6 Å². The molecular formula is C15H23NO3. The zero-order valence-corrected chi connectivity index (χ0v) is 11.8. The molecule has 0 aromatic heterocycles. The third kappa shape index (κ3) is 4.49. The molecule has 1 heterocycles. The average molecular weight is 265 g/mol. The van der Waals surface area contributed by atoms with E-state index >= 15 is 0 Å². The number of aliphatic hydroxyl groups excluding tert-OH is 1. The molecule has 0 aliphatic carbocycles. The lowest BCUT2D eigenvalue weighted by Gasteiger charge is -2.28. The first-order chi connectivity index (χ1) is 9.15. The molecule has 1 fully saturated rings. The third-order valence-corrected chi connectivity index (χ3v) is 3.35. The molecule has 0 spiro atoms. The number of aliphatic hydroxyl groups is 1. The highest BCUT2D eigenvalue weighted by Gasteiger charge is 2.15. The molecule has 1 aromatic carbocycles. The molecule has 0 radical (unpaired) electrons. The van der Waals surface area contributed by atoms with E-state index in [1.165, 1.54) is 5.56 Å². The molecule has 0 saturated carbocycles. The smallest absolute Gasteiger partial charge is 0.122 e. The van der Waals surface area contributed by atoms with Gasteiger partial charge in [0.1, 0.15) is 18.5 Å². The van der Waals surface area contributed by atoms with Crippen molar-refractivity contribution in [3.8, 4) is 5.75 Å². The Hall–Kier alpha value is -1.10. The van der Waals surface area contributed by atoms with E-state index in [0.29, 0.717) is 13.2 Å². The Labute approximate surface area is 114 Å². The second-order valence-corrected chi connectivity index (χ2v) is 5.15. The van der Waals surface area contributed by atoms with Crippen molar-refractivity contribution in [3.63, 3.8) is 0 Å². The number of rotatable bonds is 5. The lowest BCUT2D eigenvalue weighted by atomic mass is 10.1. The van der Waals surface area contributed by atoms with Gasteiger partial charge in [0.15, 0.2) is 0 Å². The van der Waals surface area contributed by atoms with Gasteiger partial charge in [-0.2, -0.15) is 0 Å². The molecule has 1 aliphatic heterocycles. The van der Waals surface area contributed by atoms with E-state index in [-0.39, 0.29) is 0 Å². The molecule has 4 nitrogen and oxygen atoms in total. The van der Waals surface area contributed by atoms with E-state index in [1.807, 2.05) is 26.0 Å². The van der Waals surface area contributed by atoms with Crippen LogP contribution in [0.5, 0.6) is 5.75 Å². The Morgan fingerprint density at radius 1 is 1.32 bits per heavy atom. The highest BCUT2D eigenvalue weighted by Crippen LogP contribution is 2.19. The van der Waals surface area contributed by atoms with E-state index in [4.69, 9.17) is 9.47 Å². The molecule has 4 heteroatoms. The minimum atomic E-state index is -0.460. The minimum absolute atomic E-state index is 0.335. The van der Waals surface area contributed by atoms with Crippen LogP contribution in [0.1, 0.15) is 11.1 Å². The molecule has 1 atom stereocenters. The molecule has 1 aliphatic rings. The number of aryl methyl sites for hydroxylation is 2. The highest BCUT2D eigenvalue weighted by atomic mass is 16.5. The molecule has 2 rings (SSSR count). The second kappa shape index (κ2) is 6.89. The van der Waals surface area contributed by atoms with Crippen LogP contribution in [0.25, 0.3) is 0 Å². The molecule has 1 saturated heterocycles. The number of ether oxygens (including phenoxy) is 2. The van der Waals surface area contributed by atoms with Gasteiger partial charge in [0, 0.05) is 19.6 Å². The van der Waals surface area contributed by atoms with E-state index < -0.39 is 6.10 Å². The first-order valence-corrected chi connectivity index (χ1v) is 6.83. The molecule has 1 aromatic rings. The van der Waals surface area contributed by atoms with Gasteiger partial charge in [-0.3, -0.25) is 4.90 Å². The largest absolute Gasteiger partial charge is 0.491 e. The van der Waals surface area contributed by atoms with Gasteiger partial charge >= 0.3 is 0 Å². The molecule has 106 valence electrons. The predicted octanol–water partition coefficient (Wildman–Crippen LogP) is 1.38.